The summed E-state index contributed by atoms with van der Waals surface area (Å²) in [5.41, 5.74) is 5.38. The van der Waals surface area contributed by atoms with E-state index in [2.05, 4.69) is 17.4 Å². The van der Waals surface area contributed by atoms with Gasteiger partial charge in [-0.25, -0.2) is 0 Å². The molecule has 0 bridgehead atoms. The Balaban J connectivity index is 1.98. The van der Waals surface area contributed by atoms with Crippen molar-refractivity contribution in [1.29, 1.82) is 0 Å². The number of nitrogens with zero attached hydrogens (tertiary/aromatic N) is 1. The SMILES string of the molecule is CC(NCCCCC(N)=NO)C1CCOC1. The van der Waals surface area contributed by atoms with Crippen LogP contribution in [0.4, 0.5) is 0 Å². The number of hydrogen-bond donors (Lipinski definition) is 3. The van der Waals surface area contributed by atoms with Gasteiger partial charge in [-0.05, 0) is 38.6 Å². The number of nitrogens with two attached hydrogens (primary N) is 1. The van der Waals surface area contributed by atoms with Crippen molar-refractivity contribution in [2.24, 2.45) is 16.8 Å². The van der Waals surface area contributed by atoms with Crippen LogP contribution < -0.4 is 11.1 Å². The minimum absolute atomic E-state index is 0.317. The summed E-state index contributed by atoms with van der Waals surface area (Å²) in [4.78, 5) is 0. The van der Waals surface area contributed by atoms with Crippen molar-refractivity contribution in [2.45, 2.75) is 38.6 Å². The quantitative estimate of drug-likeness (QED) is 0.199. The molecule has 1 aliphatic heterocycles. The van der Waals surface area contributed by atoms with E-state index in [4.69, 9.17) is 15.7 Å². The van der Waals surface area contributed by atoms with Crippen LogP contribution >= 0.6 is 0 Å². The first kappa shape index (κ1) is 13.3. The molecular formula is C11H23N3O2. The first-order chi connectivity index (χ1) is 7.74. The summed E-state index contributed by atoms with van der Waals surface area (Å²) in [6.07, 6.45) is 3.84. The van der Waals surface area contributed by atoms with E-state index >= 15 is 0 Å². The third kappa shape index (κ3) is 4.81. The lowest BCUT2D eigenvalue weighted by atomic mass is 10.0. The molecule has 1 saturated heterocycles. The van der Waals surface area contributed by atoms with Crippen LogP contribution in [-0.2, 0) is 4.74 Å². The fourth-order valence-electron chi connectivity index (χ4n) is 1.92. The Morgan fingerprint density at radius 2 is 2.44 bits per heavy atom. The highest BCUT2D eigenvalue weighted by Gasteiger charge is 2.21. The zero-order chi connectivity index (χ0) is 11.8. The summed E-state index contributed by atoms with van der Waals surface area (Å²) in [6.45, 7) is 4.98. The largest absolute Gasteiger partial charge is 0.409 e. The molecule has 94 valence electrons. The second-order valence-electron chi connectivity index (χ2n) is 4.41. The van der Waals surface area contributed by atoms with E-state index in [9.17, 15) is 0 Å². The summed E-state index contributed by atoms with van der Waals surface area (Å²) in [6, 6.07) is 0.520. The van der Waals surface area contributed by atoms with Gasteiger partial charge in [0.1, 0.15) is 5.84 Å². The van der Waals surface area contributed by atoms with Crippen LogP contribution in [0.2, 0.25) is 0 Å². The molecule has 4 N–H and O–H groups in total. The maximum atomic E-state index is 8.36. The van der Waals surface area contributed by atoms with E-state index in [-0.39, 0.29) is 0 Å². The molecular weight excluding hydrogens is 206 g/mol. The van der Waals surface area contributed by atoms with Crippen molar-refractivity contribution in [3.63, 3.8) is 0 Å². The molecule has 16 heavy (non-hydrogen) atoms. The van der Waals surface area contributed by atoms with Crippen molar-refractivity contribution in [3.8, 4) is 0 Å². The normalized spacial score (nSPS) is 23.6. The maximum Gasteiger partial charge on any atom is 0.139 e. The van der Waals surface area contributed by atoms with Crippen LogP contribution in [0, 0.1) is 5.92 Å². The molecule has 1 aliphatic rings. The summed E-state index contributed by atoms with van der Waals surface area (Å²) in [5, 5.41) is 14.8. The molecule has 0 aromatic heterocycles. The molecule has 0 aromatic carbocycles. The van der Waals surface area contributed by atoms with Gasteiger partial charge in [-0.1, -0.05) is 5.16 Å². The number of nitrogens with one attached hydrogen (secondary N) is 1. The van der Waals surface area contributed by atoms with Crippen molar-refractivity contribution in [1.82, 2.24) is 5.32 Å². The van der Waals surface area contributed by atoms with Crippen molar-refractivity contribution in [3.05, 3.63) is 0 Å². The van der Waals surface area contributed by atoms with Gasteiger partial charge in [0.25, 0.3) is 0 Å². The van der Waals surface area contributed by atoms with Gasteiger partial charge in [-0.15, -0.1) is 0 Å². The Labute approximate surface area is 97.0 Å². The Morgan fingerprint density at radius 1 is 1.62 bits per heavy atom. The maximum absolute atomic E-state index is 8.36. The molecule has 0 radical (unpaired) electrons. The predicted molar refractivity (Wildman–Crippen MR) is 63.7 cm³/mol. The number of oxime groups is 1. The monoisotopic (exact) mass is 229 g/mol. The van der Waals surface area contributed by atoms with E-state index in [0.717, 1.165) is 39.0 Å². The smallest absolute Gasteiger partial charge is 0.139 e. The van der Waals surface area contributed by atoms with Gasteiger partial charge in [-0.3, -0.25) is 0 Å². The van der Waals surface area contributed by atoms with Crippen LogP contribution in [0.25, 0.3) is 0 Å². The molecule has 5 nitrogen and oxygen atoms in total. The van der Waals surface area contributed by atoms with Gasteiger partial charge in [0, 0.05) is 19.1 Å². The van der Waals surface area contributed by atoms with Crippen molar-refractivity contribution >= 4 is 5.84 Å². The van der Waals surface area contributed by atoms with Crippen LogP contribution in [0.3, 0.4) is 0 Å². The summed E-state index contributed by atoms with van der Waals surface area (Å²) in [7, 11) is 0. The fourth-order valence-corrected chi connectivity index (χ4v) is 1.92. The molecule has 0 aliphatic carbocycles. The number of ether oxygens (including phenoxy) is 1. The molecule has 1 fully saturated rings. The van der Waals surface area contributed by atoms with E-state index in [0.29, 0.717) is 24.2 Å². The predicted octanol–water partition coefficient (Wildman–Crippen LogP) is 0.918. The first-order valence-electron chi connectivity index (χ1n) is 6.01. The number of rotatable bonds is 7. The number of unbranched alkanes of at least 4 members (excludes halogenated alkanes) is 1. The molecule has 1 rings (SSSR count). The highest BCUT2D eigenvalue weighted by atomic mass is 16.5. The molecule has 0 amide bonds. The van der Waals surface area contributed by atoms with Crippen LogP contribution in [-0.4, -0.2) is 36.8 Å². The number of amidine groups is 1. The van der Waals surface area contributed by atoms with Crippen LogP contribution in [0.15, 0.2) is 5.16 Å². The summed E-state index contributed by atoms with van der Waals surface area (Å²) >= 11 is 0. The lowest BCUT2D eigenvalue weighted by molar-refractivity contribution is 0.178. The van der Waals surface area contributed by atoms with Gasteiger partial charge in [0.15, 0.2) is 0 Å². The summed E-state index contributed by atoms with van der Waals surface area (Å²) < 4.78 is 5.35. The van der Waals surface area contributed by atoms with Gasteiger partial charge < -0.3 is 21.0 Å². The average molecular weight is 229 g/mol. The van der Waals surface area contributed by atoms with Crippen LogP contribution in [0.5, 0.6) is 0 Å². The first-order valence-corrected chi connectivity index (χ1v) is 6.01. The minimum Gasteiger partial charge on any atom is -0.409 e. The molecule has 0 saturated carbocycles. The summed E-state index contributed by atoms with van der Waals surface area (Å²) in [5.74, 6) is 0.973. The van der Waals surface area contributed by atoms with Crippen molar-refractivity contribution in [2.75, 3.05) is 19.8 Å². The zero-order valence-corrected chi connectivity index (χ0v) is 9.98. The van der Waals surface area contributed by atoms with Gasteiger partial charge in [0.05, 0.1) is 6.61 Å². The fraction of sp³-hybridized carbons (Fsp3) is 0.909. The number of hydrogen-bond acceptors (Lipinski definition) is 4. The lowest BCUT2D eigenvalue weighted by Crippen LogP contribution is -2.34. The van der Waals surface area contributed by atoms with Gasteiger partial charge in [-0.2, -0.15) is 0 Å². The molecule has 0 aromatic rings. The Morgan fingerprint density at radius 3 is 3.06 bits per heavy atom. The van der Waals surface area contributed by atoms with E-state index in [1.807, 2.05) is 0 Å². The molecule has 0 spiro atoms. The molecule has 2 unspecified atom stereocenters. The second kappa shape index (κ2) is 7.46. The Hall–Kier alpha value is -0.810. The third-order valence-electron chi connectivity index (χ3n) is 3.13. The van der Waals surface area contributed by atoms with Gasteiger partial charge >= 0.3 is 0 Å². The van der Waals surface area contributed by atoms with Crippen LogP contribution in [0.1, 0.15) is 32.6 Å². The zero-order valence-electron chi connectivity index (χ0n) is 9.98. The van der Waals surface area contributed by atoms with E-state index in [1.54, 1.807) is 0 Å². The van der Waals surface area contributed by atoms with E-state index < -0.39 is 0 Å². The highest BCUT2D eigenvalue weighted by molar-refractivity contribution is 5.79. The van der Waals surface area contributed by atoms with Gasteiger partial charge in [0.2, 0.25) is 0 Å². The Kier molecular flexibility index (Phi) is 6.18. The third-order valence-corrected chi connectivity index (χ3v) is 3.13. The average Bonchev–Trinajstić information content (AvgIpc) is 2.81. The molecule has 1 heterocycles. The topological polar surface area (TPSA) is 79.9 Å². The van der Waals surface area contributed by atoms with E-state index in [1.165, 1.54) is 0 Å². The Bertz CT molecular complexity index is 215. The second-order valence-corrected chi connectivity index (χ2v) is 4.41. The molecule has 2 atom stereocenters. The highest BCUT2D eigenvalue weighted by Crippen LogP contribution is 2.16. The minimum atomic E-state index is 0.317. The standard InChI is InChI=1S/C11H23N3O2/c1-9(10-5-7-16-8-10)13-6-3-2-4-11(12)14-15/h9-10,13,15H,2-8H2,1H3,(H2,12,14). The van der Waals surface area contributed by atoms with Crippen molar-refractivity contribution < 1.29 is 9.94 Å². The lowest BCUT2D eigenvalue weighted by Gasteiger charge is -2.19. The molecule has 5 heteroatoms.